The average molecular weight is 372 g/mol. The van der Waals surface area contributed by atoms with Gasteiger partial charge in [0, 0.05) is 24.1 Å². The molecule has 3 aromatic carbocycles. The van der Waals surface area contributed by atoms with Gasteiger partial charge in [0.2, 0.25) is 5.91 Å². The second kappa shape index (κ2) is 9.00. The van der Waals surface area contributed by atoms with Crippen molar-refractivity contribution in [2.24, 2.45) is 0 Å². The van der Waals surface area contributed by atoms with Gasteiger partial charge in [-0.2, -0.15) is 0 Å². The van der Waals surface area contributed by atoms with Gasteiger partial charge in [-0.25, -0.2) is 0 Å². The van der Waals surface area contributed by atoms with E-state index < -0.39 is 0 Å². The number of amides is 1. The average Bonchev–Trinajstić information content (AvgIpc) is 2.70. The molecule has 1 amide bonds. The summed E-state index contributed by atoms with van der Waals surface area (Å²) in [6, 6.07) is 23.0. The lowest BCUT2D eigenvalue weighted by atomic mass is 10.0. The summed E-state index contributed by atoms with van der Waals surface area (Å²) >= 11 is 0. The molecule has 0 radical (unpaired) electrons. The Hall–Kier alpha value is -3.40. The number of hydrogen-bond donors (Lipinski definition) is 2. The maximum absolute atomic E-state index is 12.4. The summed E-state index contributed by atoms with van der Waals surface area (Å²) < 4.78 is 0. The lowest BCUT2D eigenvalue weighted by Crippen LogP contribution is -2.14. The van der Waals surface area contributed by atoms with Crippen molar-refractivity contribution < 1.29 is 9.59 Å². The topological polar surface area (TPSA) is 58.2 Å². The number of carbonyl (C=O) groups excluding carboxylic acids is 2. The molecular formula is C24H24N2O2. The van der Waals surface area contributed by atoms with E-state index in [9.17, 15) is 9.59 Å². The Morgan fingerprint density at radius 2 is 1.29 bits per heavy atom. The zero-order valence-electron chi connectivity index (χ0n) is 16.2. The molecule has 0 saturated carbocycles. The third-order valence-electron chi connectivity index (χ3n) is 4.48. The molecule has 28 heavy (non-hydrogen) atoms. The number of carbonyl (C=O) groups is 2. The molecule has 0 atom stereocenters. The molecule has 3 rings (SSSR count). The summed E-state index contributed by atoms with van der Waals surface area (Å²) in [7, 11) is 0. The minimum atomic E-state index is -0.182. The van der Waals surface area contributed by atoms with Crippen molar-refractivity contribution in [1.29, 1.82) is 0 Å². The second-order valence-corrected chi connectivity index (χ2v) is 6.87. The van der Waals surface area contributed by atoms with Gasteiger partial charge < -0.3 is 10.6 Å². The SMILES string of the molecule is Cc1ccc(Nc2ccccc2NC(=O)CCC(=O)c2ccc(C)cc2)cc1. The molecule has 2 N–H and O–H groups in total. The smallest absolute Gasteiger partial charge is 0.224 e. The predicted molar refractivity (Wildman–Crippen MR) is 114 cm³/mol. The van der Waals surface area contributed by atoms with E-state index in [1.807, 2.05) is 74.5 Å². The van der Waals surface area contributed by atoms with Gasteiger partial charge in [0.25, 0.3) is 0 Å². The van der Waals surface area contributed by atoms with Gasteiger partial charge in [-0.15, -0.1) is 0 Å². The van der Waals surface area contributed by atoms with E-state index in [2.05, 4.69) is 10.6 Å². The maximum Gasteiger partial charge on any atom is 0.224 e. The highest BCUT2D eigenvalue weighted by Crippen LogP contribution is 2.25. The number of anilines is 3. The number of nitrogens with one attached hydrogen (secondary N) is 2. The van der Waals surface area contributed by atoms with Gasteiger partial charge in [-0.1, -0.05) is 59.7 Å². The molecule has 4 heteroatoms. The quantitative estimate of drug-likeness (QED) is 0.527. The summed E-state index contributed by atoms with van der Waals surface area (Å²) in [5, 5.41) is 6.22. The van der Waals surface area contributed by atoms with E-state index in [4.69, 9.17) is 0 Å². The van der Waals surface area contributed by atoms with E-state index in [1.54, 1.807) is 12.1 Å². The van der Waals surface area contributed by atoms with Crippen molar-refractivity contribution in [3.63, 3.8) is 0 Å². The van der Waals surface area contributed by atoms with Crippen molar-refractivity contribution in [2.75, 3.05) is 10.6 Å². The third kappa shape index (κ3) is 5.30. The fraction of sp³-hybridized carbons (Fsp3) is 0.167. The number of hydrogen-bond acceptors (Lipinski definition) is 3. The summed E-state index contributed by atoms with van der Waals surface area (Å²) in [5.41, 5.74) is 5.37. The molecule has 4 nitrogen and oxygen atoms in total. The number of rotatable bonds is 7. The first-order chi connectivity index (χ1) is 13.5. The van der Waals surface area contributed by atoms with Gasteiger partial charge in [0.1, 0.15) is 0 Å². The Morgan fingerprint density at radius 1 is 0.714 bits per heavy atom. The largest absolute Gasteiger partial charge is 0.354 e. The number of benzene rings is 3. The molecule has 0 bridgehead atoms. The van der Waals surface area contributed by atoms with Crippen molar-refractivity contribution >= 4 is 28.8 Å². The van der Waals surface area contributed by atoms with Gasteiger partial charge in [0.05, 0.1) is 11.4 Å². The lowest BCUT2D eigenvalue weighted by Gasteiger charge is -2.13. The van der Waals surface area contributed by atoms with Crippen LogP contribution in [0.1, 0.15) is 34.3 Å². The fourth-order valence-corrected chi connectivity index (χ4v) is 2.82. The van der Waals surface area contributed by atoms with Crippen LogP contribution in [0.25, 0.3) is 0 Å². The Balaban J connectivity index is 1.60. The summed E-state index contributed by atoms with van der Waals surface area (Å²) in [6.07, 6.45) is 0.327. The van der Waals surface area contributed by atoms with E-state index >= 15 is 0 Å². The third-order valence-corrected chi connectivity index (χ3v) is 4.48. The van der Waals surface area contributed by atoms with Crippen LogP contribution in [0.4, 0.5) is 17.1 Å². The highest BCUT2D eigenvalue weighted by atomic mass is 16.2. The van der Waals surface area contributed by atoms with Crippen LogP contribution in [-0.4, -0.2) is 11.7 Å². The zero-order valence-corrected chi connectivity index (χ0v) is 16.2. The number of para-hydroxylation sites is 2. The summed E-state index contributed by atoms with van der Waals surface area (Å²) in [5.74, 6) is -0.208. The van der Waals surface area contributed by atoms with Crippen LogP contribution in [0.5, 0.6) is 0 Å². The Labute approximate surface area is 165 Å². The highest BCUT2D eigenvalue weighted by molar-refractivity contribution is 6.01. The van der Waals surface area contributed by atoms with Crippen molar-refractivity contribution in [3.05, 3.63) is 89.5 Å². The monoisotopic (exact) mass is 372 g/mol. The highest BCUT2D eigenvalue weighted by Gasteiger charge is 2.11. The molecule has 0 aliphatic rings. The van der Waals surface area contributed by atoms with Crippen LogP contribution >= 0.6 is 0 Å². The Bertz CT molecular complexity index is 961. The fourth-order valence-electron chi connectivity index (χ4n) is 2.82. The second-order valence-electron chi connectivity index (χ2n) is 6.87. The van der Waals surface area contributed by atoms with Gasteiger partial charge >= 0.3 is 0 Å². The van der Waals surface area contributed by atoms with E-state index in [-0.39, 0.29) is 24.5 Å². The predicted octanol–water partition coefficient (Wildman–Crippen LogP) is 5.65. The molecule has 142 valence electrons. The van der Waals surface area contributed by atoms with Crippen LogP contribution in [0, 0.1) is 13.8 Å². The van der Waals surface area contributed by atoms with Crippen molar-refractivity contribution in [2.45, 2.75) is 26.7 Å². The van der Waals surface area contributed by atoms with Crippen molar-refractivity contribution in [1.82, 2.24) is 0 Å². The van der Waals surface area contributed by atoms with Crippen LogP contribution in [0.3, 0.4) is 0 Å². The maximum atomic E-state index is 12.4. The number of Topliss-reactive ketones (excluding diaryl/α,β-unsaturated/α-hetero) is 1. The van der Waals surface area contributed by atoms with Crippen LogP contribution in [-0.2, 0) is 4.79 Å². The minimum absolute atomic E-state index is 0.0267. The molecule has 0 unspecified atom stereocenters. The molecule has 0 spiro atoms. The van der Waals surface area contributed by atoms with E-state index in [1.165, 1.54) is 5.56 Å². The molecule has 0 aliphatic heterocycles. The van der Waals surface area contributed by atoms with Crippen molar-refractivity contribution in [3.8, 4) is 0 Å². The van der Waals surface area contributed by atoms with E-state index in [0.29, 0.717) is 11.3 Å². The zero-order chi connectivity index (χ0) is 19.9. The van der Waals surface area contributed by atoms with E-state index in [0.717, 1.165) is 16.9 Å². The van der Waals surface area contributed by atoms with Crippen LogP contribution in [0.2, 0.25) is 0 Å². The molecule has 0 heterocycles. The number of ketones is 1. The molecule has 0 fully saturated rings. The first-order valence-electron chi connectivity index (χ1n) is 9.34. The van der Waals surface area contributed by atoms with Crippen LogP contribution in [0.15, 0.2) is 72.8 Å². The normalized spacial score (nSPS) is 10.4. The molecular weight excluding hydrogens is 348 g/mol. The number of aryl methyl sites for hydroxylation is 2. The standard InChI is InChI=1S/C24H24N2O2/c1-17-7-11-19(12-8-17)23(27)15-16-24(28)26-22-6-4-3-5-21(22)25-20-13-9-18(2)10-14-20/h3-14,25H,15-16H2,1-2H3,(H,26,28). The minimum Gasteiger partial charge on any atom is -0.354 e. The van der Waals surface area contributed by atoms with Gasteiger partial charge in [-0.3, -0.25) is 9.59 Å². The summed E-state index contributed by atoms with van der Waals surface area (Å²) in [6.45, 7) is 4.01. The Morgan fingerprint density at radius 3 is 1.93 bits per heavy atom. The van der Waals surface area contributed by atoms with Gasteiger partial charge in [-0.05, 0) is 38.1 Å². The summed E-state index contributed by atoms with van der Waals surface area (Å²) in [4.78, 5) is 24.6. The van der Waals surface area contributed by atoms with Gasteiger partial charge in [0.15, 0.2) is 5.78 Å². The lowest BCUT2D eigenvalue weighted by molar-refractivity contribution is -0.116. The first-order valence-corrected chi connectivity index (χ1v) is 9.34. The van der Waals surface area contributed by atoms with Crippen LogP contribution < -0.4 is 10.6 Å². The molecule has 0 saturated heterocycles. The Kier molecular flexibility index (Phi) is 6.22. The molecule has 0 aliphatic carbocycles. The molecule has 0 aromatic heterocycles. The first kappa shape index (κ1) is 19.4. The molecule has 3 aromatic rings.